The van der Waals surface area contributed by atoms with Crippen LogP contribution in [0.2, 0.25) is 0 Å². The Morgan fingerprint density at radius 3 is 1.19 bits per heavy atom. The summed E-state index contributed by atoms with van der Waals surface area (Å²) in [5, 5.41) is 4.67. The third-order valence-corrected chi connectivity index (χ3v) is 10.3. The number of imidazole rings is 2. The number of nitrogens with zero attached hydrogens (tertiary/aromatic N) is 8. The molecule has 308 valence electrons. The molecular weight excluding hydrogens is 1130 g/mol. The third kappa shape index (κ3) is 9.08. The molecule has 0 fully saturated rings. The molecule has 0 spiro atoms. The van der Waals surface area contributed by atoms with E-state index < -0.39 is 0 Å². The Bertz CT molecular complexity index is 3160. The van der Waals surface area contributed by atoms with E-state index in [0.29, 0.717) is 0 Å². The van der Waals surface area contributed by atoms with E-state index in [4.69, 9.17) is 0 Å². The van der Waals surface area contributed by atoms with Crippen molar-refractivity contribution in [3.05, 3.63) is 193 Å². The molecule has 8 nitrogen and oxygen atoms in total. The van der Waals surface area contributed by atoms with Crippen LogP contribution in [0.5, 0.6) is 0 Å². The Kier molecular flexibility index (Phi) is 13.7. The Morgan fingerprint density at radius 1 is 0.403 bits per heavy atom. The van der Waals surface area contributed by atoms with Crippen molar-refractivity contribution >= 4 is 65.9 Å². The predicted octanol–water partition coefficient (Wildman–Crippen LogP) is 11.4. The average Bonchev–Trinajstić information content (AvgIpc) is 4.04. The van der Waals surface area contributed by atoms with Gasteiger partial charge in [0.1, 0.15) is 0 Å². The van der Waals surface area contributed by atoms with Crippen LogP contribution < -0.4 is 9.97 Å². The van der Waals surface area contributed by atoms with Crippen LogP contribution in [0.25, 0.3) is 88.7 Å². The standard InChI is InChI=1S/2C14H11N2.2C12H9N2.2Pt/c2*1-16-13-10-6-5-9-12(13)15-14(16)11-7-3-2-4-8-11;2*1-8-6-7-10-9-4-2-3-5-11(9)14-12(10)13-8;;/h2*2-7,9-10H,1H3;2*2-7H,1H3;;/q4*-1;2*+2. The summed E-state index contributed by atoms with van der Waals surface area (Å²) in [7, 11) is 4.07. The molecule has 0 atom stereocenters. The van der Waals surface area contributed by atoms with Gasteiger partial charge in [0.15, 0.2) is 0 Å². The number of para-hydroxylation sites is 6. The number of benzene rings is 6. The molecule has 0 amide bonds. The third-order valence-electron chi connectivity index (χ3n) is 10.3. The minimum absolute atomic E-state index is 0. The summed E-state index contributed by atoms with van der Waals surface area (Å²) in [6, 6.07) is 63.0. The molecule has 0 aliphatic rings. The predicted molar refractivity (Wildman–Crippen MR) is 245 cm³/mol. The van der Waals surface area contributed by atoms with Gasteiger partial charge in [-0.3, -0.25) is 9.97 Å². The van der Waals surface area contributed by atoms with Crippen LogP contribution in [-0.4, -0.2) is 29.1 Å². The molecule has 6 heterocycles. The number of aryl methyl sites for hydroxylation is 4. The van der Waals surface area contributed by atoms with Gasteiger partial charge in [-0.15, -0.1) is 71.8 Å². The number of aromatic nitrogens is 8. The number of pyridine rings is 2. The van der Waals surface area contributed by atoms with Gasteiger partial charge in [0.05, 0.1) is 33.7 Å². The molecular formula is C52H40N8Pt2. The van der Waals surface area contributed by atoms with Crippen LogP contribution >= 0.6 is 0 Å². The molecule has 6 aromatic heterocycles. The van der Waals surface area contributed by atoms with Crippen molar-refractivity contribution in [3.63, 3.8) is 0 Å². The average molecular weight is 1170 g/mol. The first-order valence-electron chi connectivity index (χ1n) is 19.8. The van der Waals surface area contributed by atoms with Gasteiger partial charge in [0, 0.05) is 14.1 Å². The summed E-state index contributed by atoms with van der Waals surface area (Å²) < 4.78 is 4.20. The smallest absolute Gasteiger partial charge is 0.439 e. The second-order valence-electron chi connectivity index (χ2n) is 14.4. The summed E-state index contributed by atoms with van der Waals surface area (Å²) in [6.07, 6.45) is 0. The minimum Gasteiger partial charge on any atom is -0.439 e. The van der Waals surface area contributed by atoms with E-state index in [2.05, 4.69) is 87.6 Å². The summed E-state index contributed by atoms with van der Waals surface area (Å²) in [5.74, 6) is 1.92. The molecule has 10 heteroatoms. The number of fused-ring (bicyclic) bond motifs is 8. The largest absolute Gasteiger partial charge is 2.00 e. The fourth-order valence-corrected chi connectivity index (χ4v) is 7.34. The van der Waals surface area contributed by atoms with E-state index in [-0.39, 0.29) is 42.1 Å². The zero-order valence-electron chi connectivity index (χ0n) is 34.4. The van der Waals surface area contributed by atoms with Crippen molar-refractivity contribution < 1.29 is 42.1 Å². The molecule has 6 aromatic carbocycles. The second-order valence-corrected chi connectivity index (χ2v) is 14.4. The Labute approximate surface area is 388 Å². The molecule has 0 aliphatic heterocycles. The normalized spacial score (nSPS) is 10.6. The van der Waals surface area contributed by atoms with Crippen molar-refractivity contribution in [2.24, 2.45) is 14.1 Å². The fraction of sp³-hybridized carbons (Fsp3) is 0.0769. The summed E-state index contributed by atoms with van der Waals surface area (Å²) in [4.78, 5) is 27.0. The number of hydrogen-bond acceptors (Lipinski definition) is 4. The minimum atomic E-state index is 0. The monoisotopic (exact) mass is 1170 g/mol. The van der Waals surface area contributed by atoms with Crippen molar-refractivity contribution in [3.8, 4) is 22.8 Å². The summed E-state index contributed by atoms with van der Waals surface area (Å²) >= 11 is 0. The maximum absolute atomic E-state index is 4.61. The van der Waals surface area contributed by atoms with Crippen molar-refractivity contribution in [1.29, 1.82) is 0 Å². The van der Waals surface area contributed by atoms with Crippen LogP contribution in [0.3, 0.4) is 0 Å². The Morgan fingerprint density at radius 2 is 0.790 bits per heavy atom. The van der Waals surface area contributed by atoms with Crippen LogP contribution in [0.4, 0.5) is 0 Å². The first-order valence-corrected chi connectivity index (χ1v) is 19.8. The molecule has 12 aromatic rings. The van der Waals surface area contributed by atoms with Gasteiger partial charge in [-0.25, -0.2) is 0 Å². The molecule has 0 saturated heterocycles. The van der Waals surface area contributed by atoms with Gasteiger partial charge in [0.2, 0.25) is 0 Å². The van der Waals surface area contributed by atoms with E-state index >= 15 is 0 Å². The maximum atomic E-state index is 4.61. The van der Waals surface area contributed by atoms with E-state index in [1.807, 2.05) is 161 Å². The number of rotatable bonds is 2. The van der Waals surface area contributed by atoms with Crippen LogP contribution in [0.15, 0.2) is 170 Å². The SMILES string of the molecule is Cc1ccc2c(n1)[n-]c1ccccc12.Cc1ccc2c(n1)[n-]c1ccccc12.Cn1c(-c2[c-]cccc2)nc2ccccc21.Cn1c(-c2[c-]cccc2)nc2ccccc21.[Pt+2].[Pt+2]. The quantitative estimate of drug-likeness (QED) is 0.160. The fourth-order valence-electron chi connectivity index (χ4n) is 7.34. The molecule has 0 radical (unpaired) electrons. The van der Waals surface area contributed by atoms with Gasteiger partial charge >= 0.3 is 42.1 Å². The van der Waals surface area contributed by atoms with Crippen LogP contribution in [-0.2, 0) is 56.2 Å². The molecule has 0 N–H and O–H groups in total. The van der Waals surface area contributed by atoms with Crippen molar-refractivity contribution in [1.82, 2.24) is 39.0 Å². The van der Waals surface area contributed by atoms with Crippen molar-refractivity contribution in [2.45, 2.75) is 13.8 Å². The summed E-state index contributed by atoms with van der Waals surface area (Å²) in [6.45, 7) is 3.97. The summed E-state index contributed by atoms with van der Waals surface area (Å²) in [5.41, 5.74) is 12.2. The van der Waals surface area contributed by atoms with E-state index in [1.165, 1.54) is 10.8 Å². The number of hydrogen-bond donors (Lipinski definition) is 0. The molecule has 0 bridgehead atoms. The molecule has 12 rings (SSSR count). The van der Waals surface area contributed by atoms with Gasteiger partial charge in [-0.05, 0) is 70.7 Å². The molecule has 0 aliphatic carbocycles. The zero-order chi connectivity index (χ0) is 41.0. The van der Waals surface area contributed by atoms with Gasteiger partial charge < -0.3 is 29.1 Å². The van der Waals surface area contributed by atoms with E-state index in [9.17, 15) is 0 Å². The Balaban J connectivity index is 0.000000123. The van der Waals surface area contributed by atoms with Crippen LogP contribution in [0.1, 0.15) is 11.4 Å². The van der Waals surface area contributed by atoms with Gasteiger partial charge in [0.25, 0.3) is 0 Å². The van der Waals surface area contributed by atoms with Crippen LogP contribution in [0, 0.1) is 26.0 Å². The van der Waals surface area contributed by atoms with Gasteiger partial charge in [-0.1, -0.05) is 120 Å². The maximum Gasteiger partial charge on any atom is 2.00 e. The zero-order valence-corrected chi connectivity index (χ0v) is 38.9. The van der Waals surface area contributed by atoms with Gasteiger partial charge in [-0.2, -0.15) is 0 Å². The molecule has 62 heavy (non-hydrogen) atoms. The molecule has 0 unspecified atom stereocenters. The topological polar surface area (TPSA) is 89.6 Å². The first kappa shape index (κ1) is 43.6. The van der Waals surface area contributed by atoms with Crippen molar-refractivity contribution in [2.75, 3.05) is 0 Å². The first-order chi connectivity index (χ1) is 29.4. The van der Waals surface area contributed by atoms with E-state index in [1.54, 1.807) is 0 Å². The Hall–Kier alpha value is -6.46. The van der Waals surface area contributed by atoms with E-state index in [0.717, 1.165) is 89.3 Å². The molecule has 0 saturated carbocycles. The second kappa shape index (κ2) is 19.5.